The Morgan fingerprint density at radius 3 is 2.42 bits per heavy atom. The first-order valence-corrected chi connectivity index (χ1v) is 6.20. The summed E-state index contributed by atoms with van der Waals surface area (Å²) in [5.41, 5.74) is 3.47. The molecule has 0 bridgehead atoms. The molecule has 0 fully saturated rings. The van der Waals surface area contributed by atoms with E-state index in [0.717, 1.165) is 11.4 Å². The average molecular weight is 250 g/mol. The average Bonchev–Trinajstić information content (AvgIpc) is 2.90. The van der Waals surface area contributed by atoms with Gasteiger partial charge in [0.05, 0.1) is 6.54 Å². The van der Waals surface area contributed by atoms with E-state index in [0.29, 0.717) is 6.54 Å². The van der Waals surface area contributed by atoms with Crippen LogP contribution in [0.5, 0.6) is 0 Å². The molecule has 3 rings (SSSR count). The molecule has 0 N–H and O–H groups in total. The lowest BCUT2D eigenvalue weighted by Gasteiger charge is -2.05. The van der Waals surface area contributed by atoms with E-state index in [1.165, 1.54) is 11.1 Å². The van der Waals surface area contributed by atoms with Crippen LogP contribution in [0.1, 0.15) is 11.1 Å². The van der Waals surface area contributed by atoms with Gasteiger partial charge in [0.15, 0.2) is 5.82 Å². The normalized spacial score (nSPS) is 10.6. The highest BCUT2D eigenvalue weighted by molar-refractivity contribution is 5.54. The Bertz CT molecular complexity index is 656. The molecule has 19 heavy (non-hydrogen) atoms. The molecule has 0 saturated heterocycles. The zero-order valence-electron chi connectivity index (χ0n) is 10.7. The Balaban J connectivity index is 1.91. The van der Waals surface area contributed by atoms with E-state index >= 15 is 0 Å². The van der Waals surface area contributed by atoms with E-state index in [9.17, 15) is 0 Å². The quantitative estimate of drug-likeness (QED) is 0.717. The second kappa shape index (κ2) is 5.02. The number of aryl methyl sites for hydroxylation is 1. The zero-order chi connectivity index (χ0) is 13.1. The van der Waals surface area contributed by atoms with Crippen molar-refractivity contribution in [3.8, 4) is 11.4 Å². The summed E-state index contributed by atoms with van der Waals surface area (Å²) in [6.07, 6.45) is 0. The molecular formula is C15H14N4. The minimum Gasteiger partial charge on any atom is -0.221 e. The molecule has 4 heteroatoms. The summed E-state index contributed by atoms with van der Waals surface area (Å²) in [6, 6.07) is 18.4. The van der Waals surface area contributed by atoms with Crippen molar-refractivity contribution in [1.82, 2.24) is 20.2 Å². The predicted molar refractivity (Wildman–Crippen MR) is 73.5 cm³/mol. The molecule has 0 saturated carbocycles. The minimum atomic E-state index is 0.678. The number of tetrazole rings is 1. The molecule has 4 nitrogen and oxygen atoms in total. The van der Waals surface area contributed by atoms with Crippen LogP contribution >= 0.6 is 0 Å². The van der Waals surface area contributed by atoms with Gasteiger partial charge in [0, 0.05) is 5.56 Å². The van der Waals surface area contributed by atoms with Gasteiger partial charge in [-0.1, -0.05) is 60.2 Å². The SMILES string of the molecule is Cc1ccc(Cn2nnnc2-c2ccccc2)cc1. The standard InChI is InChI=1S/C15H14N4/c1-12-7-9-13(10-8-12)11-19-15(16-17-18-19)14-5-3-2-4-6-14/h2-10H,11H2,1H3. The lowest BCUT2D eigenvalue weighted by molar-refractivity contribution is 0.653. The topological polar surface area (TPSA) is 43.6 Å². The lowest BCUT2D eigenvalue weighted by atomic mass is 10.1. The van der Waals surface area contributed by atoms with Crippen molar-refractivity contribution in [2.75, 3.05) is 0 Å². The van der Waals surface area contributed by atoms with E-state index in [1.807, 2.05) is 35.0 Å². The van der Waals surface area contributed by atoms with Gasteiger partial charge in [-0.15, -0.1) is 5.10 Å². The van der Waals surface area contributed by atoms with Gasteiger partial charge in [-0.25, -0.2) is 4.68 Å². The summed E-state index contributed by atoms with van der Waals surface area (Å²) in [6.45, 7) is 2.76. The van der Waals surface area contributed by atoms with Crippen molar-refractivity contribution >= 4 is 0 Å². The van der Waals surface area contributed by atoms with Crippen molar-refractivity contribution in [3.05, 3.63) is 65.7 Å². The summed E-state index contributed by atoms with van der Waals surface area (Å²) in [4.78, 5) is 0. The first-order chi connectivity index (χ1) is 9.33. The molecule has 0 radical (unpaired) electrons. The number of hydrogen-bond acceptors (Lipinski definition) is 3. The fourth-order valence-electron chi connectivity index (χ4n) is 1.97. The molecular weight excluding hydrogens is 236 g/mol. The minimum absolute atomic E-state index is 0.678. The van der Waals surface area contributed by atoms with E-state index < -0.39 is 0 Å². The van der Waals surface area contributed by atoms with E-state index in [-0.39, 0.29) is 0 Å². The van der Waals surface area contributed by atoms with Crippen LogP contribution < -0.4 is 0 Å². The third-order valence-electron chi connectivity index (χ3n) is 3.02. The Labute approximate surface area is 111 Å². The van der Waals surface area contributed by atoms with Crippen molar-refractivity contribution in [2.24, 2.45) is 0 Å². The van der Waals surface area contributed by atoms with Gasteiger partial charge in [0.25, 0.3) is 0 Å². The molecule has 0 amide bonds. The fourth-order valence-corrected chi connectivity index (χ4v) is 1.97. The largest absolute Gasteiger partial charge is 0.221 e. The highest BCUT2D eigenvalue weighted by atomic mass is 15.5. The van der Waals surface area contributed by atoms with Crippen LogP contribution in [-0.2, 0) is 6.54 Å². The summed E-state index contributed by atoms with van der Waals surface area (Å²) in [7, 11) is 0. The Morgan fingerprint density at radius 2 is 1.68 bits per heavy atom. The number of hydrogen-bond donors (Lipinski definition) is 0. The highest BCUT2D eigenvalue weighted by Gasteiger charge is 2.08. The van der Waals surface area contributed by atoms with Gasteiger partial charge in [0.1, 0.15) is 0 Å². The van der Waals surface area contributed by atoms with Crippen LogP contribution in [0.4, 0.5) is 0 Å². The maximum absolute atomic E-state index is 4.10. The fraction of sp³-hybridized carbons (Fsp3) is 0.133. The number of rotatable bonds is 3. The van der Waals surface area contributed by atoms with E-state index in [4.69, 9.17) is 0 Å². The molecule has 0 aliphatic rings. The van der Waals surface area contributed by atoms with Gasteiger partial charge in [-0.3, -0.25) is 0 Å². The smallest absolute Gasteiger partial charge is 0.182 e. The molecule has 2 aromatic carbocycles. The van der Waals surface area contributed by atoms with Gasteiger partial charge >= 0.3 is 0 Å². The Hall–Kier alpha value is -2.49. The molecule has 0 atom stereocenters. The third-order valence-corrected chi connectivity index (χ3v) is 3.02. The maximum Gasteiger partial charge on any atom is 0.182 e. The van der Waals surface area contributed by atoms with Gasteiger partial charge in [0.2, 0.25) is 0 Å². The van der Waals surface area contributed by atoms with Crippen LogP contribution in [0.2, 0.25) is 0 Å². The van der Waals surface area contributed by atoms with Crippen LogP contribution in [-0.4, -0.2) is 20.2 Å². The molecule has 1 aromatic heterocycles. The van der Waals surface area contributed by atoms with Gasteiger partial charge in [-0.05, 0) is 22.9 Å². The van der Waals surface area contributed by atoms with E-state index in [2.05, 4.69) is 46.7 Å². The molecule has 94 valence electrons. The maximum atomic E-state index is 4.10. The van der Waals surface area contributed by atoms with Crippen LogP contribution in [0.15, 0.2) is 54.6 Å². The van der Waals surface area contributed by atoms with Crippen molar-refractivity contribution in [2.45, 2.75) is 13.5 Å². The lowest BCUT2D eigenvalue weighted by Crippen LogP contribution is -2.04. The van der Waals surface area contributed by atoms with E-state index in [1.54, 1.807) is 0 Å². The van der Waals surface area contributed by atoms with Gasteiger partial charge < -0.3 is 0 Å². The summed E-state index contributed by atoms with van der Waals surface area (Å²) < 4.78 is 1.82. The molecule has 0 aliphatic heterocycles. The van der Waals surface area contributed by atoms with Crippen molar-refractivity contribution < 1.29 is 0 Å². The summed E-state index contributed by atoms with van der Waals surface area (Å²) >= 11 is 0. The van der Waals surface area contributed by atoms with Crippen LogP contribution in [0.3, 0.4) is 0 Å². The summed E-state index contributed by atoms with van der Waals surface area (Å²) in [5, 5.41) is 11.9. The zero-order valence-corrected chi connectivity index (χ0v) is 10.7. The first-order valence-electron chi connectivity index (χ1n) is 6.20. The van der Waals surface area contributed by atoms with Gasteiger partial charge in [-0.2, -0.15) is 0 Å². The Kier molecular flexibility index (Phi) is 3.06. The monoisotopic (exact) mass is 250 g/mol. The summed E-state index contributed by atoms with van der Waals surface area (Å²) in [5.74, 6) is 0.793. The molecule has 0 unspecified atom stereocenters. The molecule has 0 aliphatic carbocycles. The third kappa shape index (κ3) is 2.52. The number of aromatic nitrogens is 4. The molecule has 0 spiro atoms. The molecule has 1 heterocycles. The van der Waals surface area contributed by atoms with Crippen LogP contribution in [0, 0.1) is 6.92 Å². The number of nitrogens with zero attached hydrogens (tertiary/aromatic N) is 4. The van der Waals surface area contributed by atoms with Crippen molar-refractivity contribution in [3.63, 3.8) is 0 Å². The highest BCUT2D eigenvalue weighted by Crippen LogP contribution is 2.16. The predicted octanol–water partition coefficient (Wildman–Crippen LogP) is 2.70. The number of benzene rings is 2. The van der Waals surface area contributed by atoms with Crippen molar-refractivity contribution in [1.29, 1.82) is 0 Å². The Morgan fingerprint density at radius 1 is 0.947 bits per heavy atom. The van der Waals surface area contributed by atoms with Crippen LogP contribution in [0.25, 0.3) is 11.4 Å². The molecule has 3 aromatic rings. The second-order valence-corrected chi connectivity index (χ2v) is 4.51. The second-order valence-electron chi connectivity index (χ2n) is 4.51. The first kappa shape index (κ1) is 11.6.